The number of rotatable bonds is 4. The van der Waals surface area contributed by atoms with Crippen LogP contribution >= 0.6 is 0 Å². The molecule has 0 radical (unpaired) electrons. The number of methoxy groups -OCH3 is 1. The van der Waals surface area contributed by atoms with Crippen molar-refractivity contribution in [2.75, 3.05) is 12.4 Å². The number of nitrogens with zero attached hydrogens (tertiary/aromatic N) is 2. The third kappa shape index (κ3) is 4.18. The van der Waals surface area contributed by atoms with E-state index in [1.54, 1.807) is 48.7 Å². The van der Waals surface area contributed by atoms with Crippen molar-refractivity contribution in [2.24, 2.45) is 0 Å². The number of aromatic nitrogens is 2. The summed E-state index contributed by atoms with van der Waals surface area (Å²) in [6.45, 7) is 0. The molecule has 0 saturated heterocycles. The van der Waals surface area contributed by atoms with E-state index >= 15 is 0 Å². The lowest BCUT2D eigenvalue weighted by Crippen LogP contribution is -2.14. The van der Waals surface area contributed by atoms with E-state index in [0.717, 1.165) is 23.3 Å². The Morgan fingerprint density at radius 2 is 1.75 bits per heavy atom. The highest BCUT2D eigenvalue weighted by Gasteiger charge is 2.30. The van der Waals surface area contributed by atoms with Gasteiger partial charge >= 0.3 is 12.1 Å². The zero-order valence-corrected chi connectivity index (χ0v) is 16.7. The van der Waals surface area contributed by atoms with Gasteiger partial charge in [-0.2, -0.15) is 13.2 Å². The van der Waals surface area contributed by atoms with Crippen LogP contribution in [0.2, 0.25) is 0 Å². The summed E-state index contributed by atoms with van der Waals surface area (Å²) in [6, 6.07) is 16.1. The lowest BCUT2D eigenvalue weighted by Gasteiger charge is -2.10. The molecule has 0 aliphatic heterocycles. The summed E-state index contributed by atoms with van der Waals surface area (Å²) in [7, 11) is 1.28. The minimum absolute atomic E-state index is 0.0900. The van der Waals surface area contributed by atoms with Crippen LogP contribution in [0.1, 0.15) is 26.4 Å². The van der Waals surface area contributed by atoms with Crippen molar-refractivity contribution < 1.29 is 27.5 Å². The number of nitrogens with one attached hydrogen (secondary N) is 1. The second-order valence-electron chi connectivity index (χ2n) is 6.86. The lowest BCUT2D eigenvalue weighted by atomic mass is 10.1. The fourth-order valence-corrected chi connectivity index (χ4v) is 3.21. The van der Waals surface area contributed by atoms with Crippen LogP contribution in [0.4, 0.5) is 18.9 Å². The van der Waals surface area contributed by atoms with Gasteiger partial charge in [0.2, 0.25) is 0 Å². The van der Waals surface area contributed by atoms with Gasteiger partial charge in [-0.15, -0.1) is 0 Å². The maximum atomic E-state index is 12.9. The minimum Gasteiger partial charge on any atom is -0.464 e. The maximum Gasteiger partial charge on any atom is 0.416 e. The fourth-order valence-electron chi connectivity index (χ4n) is 3.21. The number of carbonyl (C=O) groups is 2. The Morgan fingerprint density at radius 1 is 1.00 bits per heavy atom. The molecule has 32 heavy (non-hydrogen) atoms. The molecule has 0 aliphatic rings. The summed E-state index contributed by atoms with van der Waals surface area (Å²) in [4.78, 5) is 28.3. The number of pyridine rings is 1. The van der Waals surface area contributed by atoms with Gasteiger partial charge in [0, 0.05) is 23.1 Å². The van der Waals surface area contributed by atoms with Crippen molar-refractivity contribution >= 4 is 28.6 Å². The van der Waals surface area contributed by atoms with E-state index in [1.165, 1.54) is 19.2 Å². The Bertz CT molecular complexity index is 1310. The predicted molar refractivity (Wildman–Crippen MR) is 112 cm³/mol. The van der Waals surface area contributed by atoms with Crippen LogP contribution in [0.3, 0.4) is 0 Å². The summed E-state index contributed by atoms with van der Waals surface area (Å²) >= 11 is 0. The van der Waals surface area contributed by atoms with E-state index in [4.69, 9.17) is 0 Å². The van der Waals surface area contributed by atoms with Crippen molar-refractivity contribution in [3.8, 4) is 5.69 Å². The van der Waals surface area contributed by atoms with Crippen molar-refractivity contribution in [3.63, 3.8) is 0 Å². The third-order valence-electron chi connectivity index (χ3n) is 4.79. The summed E-state index contributed by atoms with van der Waals surface area (Å²) in [5, 5.41) is 2.59. The van der Waals surface area contributed by atoms with Crippen LogP contribution in [0.25, 0.3) is 16.7 Å². The molecule has 6 nitrogen and oxygen atoms in total. The lowest BCUT2D eigenvalue weighted by molar-refractivity contribution is -0.137. The fraction of sp³-hybridized carbons (Fsp3) is 0.0870. The first-order valence-corrected chi connectivity index (χ1v) is 9.42. The standard InChI is InChI=1S/C23H16F3N3O3/c1-32-22(31)19-9-10-20-18(28-19)11-12-29(20)17-7-5-16(6-8-17)27-21(30)14-3-2-4-15(13-14)23(24,25)26/h2-13H,1H3,(H,27,30). The summed E-state index contributed by atoms with van der Waals surface area (Å²) in [5.41, 5.74) is 1.79. The quantitative estimate of drug-likeness (QED) is 0.450. The number of benzene rings is 2. The molecule has 0 unspecified atom stereocenters. The summed E-state index contributed by atoms with van der Waals surface area (Å²) in [5.74, 6) is -1.17. The molecule has 0 fully saturated rings. The second-order valence-corrected chi connectivity index (χ2v) is 6.86. The number of amides is 1. The molecular formula is C23H16F3N3O3. The van der Waals surface area contributed by atoms with Crippen LogP contribution in [0.15, 0.2) is 72.9 Å². The SMILES string of the molecule is COC(=O)c1ccc2c(ccn2-c2ccc(NC(=O)c3cccc(C(F)(F)F)c3)cc2)n1. The van der Waals surface area contributed by atoms with Gasteiger partial charge < -0.3 is 14.6 Å². The van der Waals surface area contributed by atoms with Gasteiger partial charge in [-0.05, 0) is 60.7 Å². The molecule has 2 aromatic heterocycles. The average molecular weight is 439 g/mol. The van der Waals surface area contributed by atoms with E-state index in [1.807, 2.05) is 4.57 Å². The molecule has 162 valence electrons. The van der Waals surface area contributed by atoms with E-state index in [0.29, 0.717) is 11.2 Å². The highest BCUT2D eigenvalue weighted by Crippen LogP contribution is 2.29. The Kier molecular flexibility index (Phi) is 5.40. The van der Waals surface area contributed by atoms with Crippen LogP contribution < -0.4 is 5.32 Å². The number of ether oxygens (including phenoxy) is 1. The molecule has 0 aliphatic carbocycles. The van der Waals surface area contributed by atoms with Gasteiger partial charge in [-0.1, -0.05) is 6.07 Å². The molecule has 9 heteroatoms. The van der Waals surface area contributed by atoms with Gasteiger partial charge in [-0.3, -0.25) is 4.79 Å². The molecule has 4 aromatic rings. The van der Waals surface area contributed by atoms with Gasteiger partial charge in [0.25, 0.3) is 5.91 Å². The second kappa shape index (κ2) is 8.18. The number of hydrogen-bond acceptors (Lipinski definition) is 4. The zero-order valence-electron chi connectivity index (χ0n) is 16.7. The normalized spacial score (nSPS) is 11.4. The van der Waals surface area contributed by atoms with Crippen LogP contribution in [-0.2, 0) is 10.9 Å². The van der Waals surface area contributed by atoms with Crippen molar-refractivity contribution in [2.45, 2.75) is 6.18 Å². The van der Waals surface area contributed by atoms with Gasteiger partial charge in [0.15, 0.2) is 0 Å². The largest absolute Gasteiger partial charge is 0.464 e. The topological polar surface area (TPSA) is 73.2 Å². The Hall–Kier alpha value is -4.14. The number of halogens is 3. The first kappa shape index (κ1) is 21.1. The molecule has 2 aromatic carbocycles. The summed E-state index contributed by atoms with van der Waals surface area (Å²) < 4.78 is 45.1. The monoisotopic (exact) mass is 439 g/mol. The molecule has 2 heterocycles. The number of alkyl halides is 3. The predicted octanol–water partition coefficient (Wildman–Crippen LogP) is 5.08. The van der Waals surface area contributed by atoms with Crippen molar-refractivity contribution in [1.82, 2.24) is 9.55 Å². The smallest absolute Gasteiger partial charge is 0.416 e. The first-order valence-electron chi connectivity index (χ1n) is 9.42. The van der Waals surface area contributed by atoms with Crippen LogP contribution in [-0.4, -0.2) is 28.5 Å². The molecule has 0 saturated carbocycles. The first-order chi connectivity index (χ1) is 15.3. The summed E-state index contributed by atoms with van der Waals surface area (Å²) in [6.07, 6.45) is -2.74. The molecule has 0 bridgehead atoms. The van der Waals surface area contributed by atoms with Crippen LogP contribution in [0.5, 0.6) is 0 Å². The Labute approximate surface area is 180 Å². The number of fused-ring (bicyclic) bond motifs is 1. The number of carbonyl (C=O) groups excluding carboxylic acids is 2. The molecular weight excluding hydrogens is 423 g/mol. The number of hydrogen-bond donors (Lipinski definition) is 1. The molecule has 1 amide bonds. The van der Waals surface area contributed by atoms with Gasteiger partial charge in [0.05, 0.1) is 23.7 Å². The number of esters is 1. The highest BCUT2D eigenvalue weighted by molar-refractivity contribution is 6.04. The zero-order chi connectivity index (χ0) is 22.9. The molecule has 0 spiro atoms. The Balaban J connectivity index is 1.54. The third-order valence-corrected chi connectivity index (χ3v) is 4.79. The van der Waals surface area contributed by atoms with Gasteiger partial charge in [0.1, 0.15) is 5.69 Å². The molecule has 4 rings (SSSR count). The highest BCUT2D eigenvalue weighted by atomic mass is 19.4. The van der Waals surface area contributed by atoms with E-state index in [-0.39, 0.29) is 11.3 Å². The van der Waals surface area contributed by atoms with Crippen LogP contribution in [0, 0.1) is 0 Å². The maximum absolute atomic E-state index is 12.9. The average Bonchev–Trinajstić information content (AvgIpc) is 3.22. The minimum atomic E-state index is -4.52. The van der Waals surface area contributed by atoms with E-state index < -0.39 is 23.6 Å². The van der Waals surface area contributed by atoms with Crippen molar-refractivity contribution in [1.29, 1.82) is 0 Å². The molecule has 1 N–H and O–H groups in total. The van der Waals surface area contributed by atoms with Crippen molar-refractivity contribution in [3.05, 3.63) is 89.7 Å². The number of anilines is 1. The molecule has 0 atom stereocenters. The van der Waals surface area contributed by atoms with E-state index in [9.17, 15) is 22.8 Å². The Morgan fingerprint density at radius 3 is 2.44 bits per heavy atom. The van der Waals surface area contributed by atoms with E-state index in [2.05, 4.69) is 15.0 Å². The van der Waals surface area contributed by atoms with Gasteiger partial charge in [-0.25, -0.2) is 9.78 Å².